The predicted octanol–water partition coefficient (Wildman–Crippen LogP) is 2.10. The topological polar surface area (TPSA) is 75.0 Å². The van der Waals surface area contributed by atoms with Gasteiger partial charge in [0.2, 0.25) is 0 Å². The number of hydrogen-bond donors (Lipinski definition) is 1. The van der Waals surface area contributed by atoms with Crippen molar-refractivity contribution in [2.24, 2.45) is 0 Å². The van der Waals surface area contributed by atoms with Crippen molar-refractivity contribution >= 4 is 11.8 Å². The third-order valence-corrected chi connectivity index (χ3v) is 2.48. The fraction of sp³-hybridized carbons (Fsp3) is 0.462. The van der Waals surface area contributed by atoms with Crippen molar-refractivity contribution in [3.63, 3.8) is 0 Å². The average molecular weight is 247 g/mol. The monoisotopic (exact) mass is 247 g/mol. The summed E-state index contributed by atoms with van der Waals surface area (Å²) in [6.45, 7) is 0.781. The molecule has 0 aliphatic heterocycles. The lowest BCUT2D eigenvalue weighted by Gasteiger charge is -2.05. The number of rotatable bonds is 7. The van der Waals surface area contributed by atoms with Crippen molar-refractivity contribution in [1.82, 2.24) is 4.98 Å². The molecule has 0 atom stereocenters. The van der Waals surface area contributed by atoms with Crippen molar-refractivity contribution in [2.45, 2.75) is 25.7 Å². The van der Waals surface area contributed by atoms with Crippen molar-refractivity contribution in [3.05, 3.63) is 23.9 Å². The van der Waals surface area contributed by atoms with E-state index < -0.39 is 0 Å². The minimum Gasteiger partial charge on any atom is -0.469 e. The third kappa shape index (κ3) is 5.30. The van der Waals surface area contributed by atoms with Crippen LogP contribution in [0, 0.1) is 11.3 Å². The van der Waals surface area contributed by atoms with E-state index in [1.807, 2.05) is 0 Å². The van der Waals surface area contributed by atoms with Gasteiger partial charge >= 0.3 is 5.97 Å². The van der Waals surface area contributed by atoms with E-state index in [9.17, 15) is 4.79 Å². The standard InChI is InChI=1S/C13H17N3O2/c1-18-13(17)5-3-2-4-7-15-12-9-11(10-14)6-8-16-12/h6,8-9H,2-5,7H2,1H3,(H,15,16). The van der Waals surface area contributed by atoms with Gasteiger partial charge in [-0.3, -0.25) is 4.79 Å². The Balaban J connectivity index is 2.14. The number of anilines is 1. The minimum absolute atomic E-state index is 0.161. The molecule has 0 aromatic carbocycles. The van der Waals surface area contributed by atoms with Crippen LogP contribution in [0.1, 0.15) is 31.2 Å². The van der Waals surface area contributed by atoms with Crippen LogP contribution >= 0.6 is 0 Å². The number of nitriles is 1. The number of nitrogens with zero attached hydrogens (tertiary/aromatic N) is 2. The molecule has 1 rings (SSSR count). The molecule has 5 nitrogen and oxygen atoms in total. The first-order valence-electron chi connectivity index (χ1n) is 5.93. The Morgan fingerprint density at radius 3 is 3.06 bits per heavy atom. The van der Waals surface area contributed by atoms with Crippen LogP contribution in [-0.4, -0.2) is 24.6 Å². The summed E-state index contributed by atoms with van der Waals surface area (Å²) < 4.78 is 4.56. The Morgan fingerprint density at radius 2 is 2.33 bits per heavy atom. The molecule has 96 valence electrons. The molecule has 0 saturated heterocycles. The molecule has 0 fully saturated rings. The molecule has 0 unspecified atom stereocenters. The van der Waals surface area contributed by atoms with Crippen LogP contribution in [0.5, 0.6) is 0 Å². The summed E-state index contributed by atoms with van der Waals surface area (Å²) >= 11 is 0. The van der Waals surface area contributed by atoms with Crippen molar-refractivity contribution in [1.29, 1.82) is 5.26 Å². The summed E-state index contributed by atoms with van der Waals surface area (Å²) in [6, 6.07) is 5.45. The number of carbonyl (C=O) groups excluding carboxylic acids is 1. The molecular formula is C13H17N3O2. The highest BCUT2D eigenvalue weighted by Crippen LogP contribution is 2.06. The molecule has 0 aliphatic carbocycles. The maximum absolute atomic E-state index is 10.9. The van der Waals surface area contributed by atoms with E-state index >= 15 is 0 Å². The number of hydrogen-bond acceptors (Lipinski definition) is 5. The summed E-state index contributed by atoms with van der Waals surface area (Å²) in [5, 5.41) is 11.9. The second-order valence-electron chi connectivity index (χ2n) is 3.86. The number of carbonyl (C=O) groups is 1. The molecule has 1 heterocycles. The lowest BCUT2D eigenvalue weighted by molar-refractivity contribution is -0.140. The van der Waals surface area contributed by atoms with E-state index in [-0.39, 0.29) is 5.97 Å². The molecule has 18 heavy (non-hydrogen) atoms. The van der Waals surface area contributed by atoms with E-state index in [2.05, 4.69) is 21.1 Å². The van der Waals surface area contributed by atoms with Crippen LogP contribution in [0.2, 0.25) is 0 Å². The summed E-state index contributed by atoms with van der Waals surface area (Å²) in [5.41, 5.74) is 0.596. The Bertz CT molecular complexity index is 426. The molecule has 0 radical (unpaired) electrons. The quantitative estimate of drug-likeness (QED) is 0.590. The number of nitrogens with one attached hydrogen (secondary N) is 1. The van der Waals surface area contributed by atoms with Crippen LogP contribution in [0.3, 0.4) is 0 Å². The van der Waals surface area contributed by atoms with Gasteiger partial charge in [-0.1, -0.05) is 6.42 Å². The van der Waals surface area contributed by atoms with Gasteiger partial charge < -0.3 is 10.1 Å². The third-order valence-electron chi connectivity index (χ3n) is 2.48. The highest BCUT2D eigenvalue weighted by Gasteiger charge is 1.99. The minimum atomic E-state index is -0.161. The fourth-order valence-corrected chi connectivity index (χ4v) is 1.49. The number of unbranched alkanes of at least 4 members (excludes halogenated alkanes) is 2. The Hall–Kier alpha value is -2.09. The van der Waals surface area contributed by atoms with E-state index in [0.29, 0.717) is 17.8 Å². The number of pyridine rings is 1. The SMILES string of the molecule is COC(=O)CCCCCNc1cc(C#N)ccn1. The number of methoxy groups -OCH3 is 1. The maximum Gasteiger partial charge on any atom is 0.305 e. The molecule has 0 amide bonds. The normalized spacial score (nSPS) is 9.56. The first-order chi connectivity index (χ1) is 8.76. The Morgan fingerprint density at radius 1 is 1.50 bits per heavy atom. The zero-order chi connectivity index (χ0) is 13.2. The van der Waals surface area contributed by atoms with Crippen LogP contribution in [-0.2, 0) is 9.53 Å². The number of aromatic nitrogens is 1. The molecule has 0 spiro atoms. The van der Waals surface area contributed by atoms with Gasteiger partial charge in [-0.15, -0.1) is 0 Å². The highest BCUT2D eigenvalue weighted by atomic mass is 16.5. The number of esters is 1. The van der Waals surface area contributed by atoms with Gasteiger partial charge in [0, 0.05) is 19.2 Å². The summed E-state index contributed by atoms with van der Waals surface area (Å²) in [5.74, 6) is 0.549. The second-order valence-corrected chi connectivity index (χ2v) is 3.86. The zero-order valence-corrected chi connectivity index (χ0v) is 10.5. The summed E-state index contributed by atoms with van der Waals surface area (Å²) in [7, 11) is 1.40. The van der Waals surface area contributed by atoms with Gasteiger partial charge in [0.05, 0.1) is 18.7 Å². The van der Waals surface area contributed by atoms with Crippen molar-refractivity contribution < 1.29 is 9.53 Å². The van der Waals surface area contributed by atoms with Crippen LogP contribution in [0.4, 0.5) is 5.82 Å². The van der Waals surface area contributed by atoms with E-state index in [4.69, 9.17) is 5.26 Å². The maximum atomic E-state index is 10.9. The van der Waals surface area contributed by atoms with Crippen molar-refractivity contribution in [3.8, 4) is 6.07 Å². The first kappa shape index (κ1) is 14.0. The highest BCUT2D eigenvalue weighted by molar-refractivity contribution is 5.68. The molecule has 5 heteroatoms. The van der Waals surface area contributed by atoms with Crippen LogP contribution in [0.15, 0.2) is 18.3 Å². The molecule has 1 aromatic rings. The van der Waals surface area contributed by atoms with Crippen molar-refractivity contribution in [2.75, 3.05) is 19.0 Å². The zero-order valence-electron chi connectivity index (χ0n) is 10.5. The van der Waals surface area contributed by atoms with Gasteiger partial charge in [-0.05, 0) is 25.0 Å². The van der Waals surface area contributed by atoms with Gasteiger partial charge in [-0.2, -0.15) is 5.26 Å². The fourth-order valence-electron chi connectivity index (χ4n) is 1.49. The predicted molar refractivity (Wildman–Crippen MR) is 67.9 cm³/mol. The molecular weight excluding hydrogens is 230 g/mol. The molecule has 1 N–H and O–H groups in total. The van der Waals surface area contributed by atoms with Gasteiger partial charge in [-0.25, -0.2) is 4.98 Å². The Kier molecular flexibility index (Phi) is 6.26. The van der Waals surface area contributed by atoms with E-state index in [1.165, 1.54) is 7.11 Å². The lowest BCUT2D eigenvalue weighted by Crippen LogP contribution is -2.04. The van der Waals surface area contributed by atoms with Gasteiger partial charge in [0.15, 0.2) is 0 Å². The average Bonchev–Trinajstić information content (AvgIpc) is 2.42. The van der Waals surface area contributed by atoms with E-state index in [1.54, 1.807) is 18.3 Å². The first-order valence-corrected chi connectivity index (χ1v) is 5.93. The van der Waals surface area contributed by atoms with Crippen LogP contribution < -0.4 is 5.32 Å². The summed E-state index contributed by atoms with van der Waals surface area (Å²) in [6.07, 6.45) is 4.83. The molecule has 0 saturated carbocycles. The van der Waals surface area contributed by atoms with Gasteiger partial charge in [0.1, 0.15) is 5.82 Å². The number of ether oxygens (including phenoxy) is 1. The largest absolute Gasteiger partial charge is 0.469 e. The second kappa shape index (κ2) is 8.07. The lowest BCUT2D eigenvalue weighted by atomic mass is 10.2. The van der Waals surface area contributed by atoms with Crippen LogP contribution in [0.25, 0.3) is 0 Å². The van der Waals surface area contributed by atoms with E-state index in [0.717, 1.165) is 25.8 Å². The molecule has 0 bridgehead atoms. The smallest absolute Gasteiger partial charge is 0.305 e. The Labute approximate surface area is 107 Å². The molecule has 1 aromatic heterocycles. The van der Waals surface area contributed by atoms with Gasteiger partial charge in [0.25, 0.3) is 0 Å². The summed E-state index contributed by atoms with van der Waals surface area (Å²) in [4.78, 5) is 15.0. The molecule has 0 aliphatic rings.